The second kappa shape index (κ2) is 25.5. The molecule has 0 radical (unpaired) electrons. The van der Waals surface area contributed by atoms with E-state index in [4.69, 9.17) is 33.9 Å². The summed E-state index contributed by atoms with van der Waals surface area (Å²) in [6, 6.07) is 30.4. The fourth-order valence-corrected chi connectivity index (χ4v) is 19.2. The van der Waals surface area contributed by atoms with Gasteiger partial charge in [0.1, 0.15) is 5.78 Å². The lowest BCUT2D eigenvalue weighted by Gasteiger charge is -2.54. The number of allylic oxidation sites excluding steroid dienone is 2. The molecule has 8 aliphatic carbocycles. The summed E-state index contributed by atoms with van der Waals surface area (Å²) in [7, 11) is 0. The predicted molar refractivity (Wildman–Crippen MR) is 355 cm³/mol. The SMILES string of the molecule is C[C@@H]1C(=O)/C(=C\O)C[C@]2(C)c3nc(-c4ccccc4)ncc3CC[C@@H]12.C[C@@H]1C(=O)CC[C@]2(C)c3nc(-c4ccccc4)ncc3CC[C@@H]12.C[C@H]1[C@@H]2CC/C(=C\O)C(=O)[C@@]2(C)CCC12OCCO2.C[C@H]1[C@@H]2CCc3cnc(-c4ccccc4)nc3[C@@]2(C)CCC12OCCO2. The molecule has 2 N–H and O–H groups in total. The summed E-state index contributed by atoms with van der Waals surface area (Å²) >= 11 is 0. The summed E-state index contributed by atoms with van der Waals surface area (Å²) in [6.07, 6.45) is 21.4. The van der Waals surface area contributed by atoms with Crippen molar-refractivity contribution in [3.05, 3.63) is 167 Å². The Balaban J connectivity index is 0.000000114. The van der Waals surface area contributed by atoms with Crippen LogP contribution in [0.25, 0.3) is 34.2 Å². The molecule has 3 aromatic carbocycles. The van der Waals surface area contributed by atoms with Gasteiger partial charge in [0.25, 0.3) is 0 Å². The molecular formula is C78H92N6O9. The van der Waals surface area contributed by atoms with Crippen molar-refractivity contribution in [1.29, 1.82) is 0 Å². The van der Waals surface area contributed by atoms with Gasteiger partial charge in [-0.2, -0.15) is 0 Å². The van der Waals surface area contributed by atoms with Gasteiger partial charge in [-0.05, 0) is 117 Å². The maximum atomic E-state index is 12.6. The van der Waals surface area contributed by atoms with Crippen molar-refractivity contribution in [2.24, 2.45) is 52.8 Å². The predicted octanol–water partition coefficient (Wildman–Crippen LogP) is 14.7. The topological polar surface area (TPSA) is 206 Å². The Labute approximate surface area is 548 Å². The van der Waals surface area contributed by atoms with E-state index in [1.54, 1.807) is 0 Å². The largest absolute Gasteiger partial charge is 0.515 e. The van der Waals surface area contributed by atoms with Crippen LogP contribution in [0, 0.1) is 52.8 Å². The van der Waals surface area contributed by atoms with Gasteiger partial charge in [-0.1, -0.05) is 146 Å². The quantitative estimate of drug-likeness (QED) is 0.125. The van der Waals surface area contributed by atoms with Crippen molar-refractivity contribution >= 4 is 17.3 Å². The number of ketones is 3. The molecule has 16 rings (SSSR count). The van der Waals surface area contributed by atoms with Gasteiger partial charge in [-0.25, -0.2) is 29.9 Å². The molecule has 15 heteroatoms. The highest BCUT2D eigenvalue weighted by Crippen LogP contribution is 2.59. The average molecular weight is 1260 g/mol. The first-order chi connectivity index (χ1) is 44.8. The summed E-state index contributed by atoms with van der Waals surface area (Å²) in [5.41, 5.74) is 10.9. The van der Waals surface area contributed by atoms with E-state index >= 15 is 0 Å². The van der Waals surface area contributed by atoms with Crippen LogP contribution >= 0.6 is 0 Å². The zero-order valence-corrected chi connectivity index (χ0v) is 55.5. The third-order valence-corrected chi connectivity index (χ3v) is 24.6. The molecule has 7 fully saturated rings. The number of fused-ring (bicyclic) bond motifs is 10. The molecule has 6 aromatic rings. The van der Waals surface area contributed by atoms with Crippen LogP contribution in [-0.2, 0) is 68.8 Å². The van der Waals surface area contributed by atoms with Crippen LogP contribution in [0.15, 0.2) is 133 Å². The Morgan fingerprint density at radius 3 is 1.25 bits per heavy atom. The molecule has 488 valence electrons. The fraction of sp³-hybridized carbons (Fsp3) is 0.526. The highest BCUT2D eigenvalue weighted by Gasteiger charge is 2.60. The normalized spacial score (nSPS) is 33.4. The monoisotopic (exact) mass is 1260 g/mol. The third kappa shape index (κ3) is 11.3. The first kappa shape index (κ1) is 64.5. The van der Waals surface area contributed by atoms with E-state index in [0.717, 1.165) is 148 Å². The second-order valence-electron chi connectivity index (χ2n) is 29.4. The highest BCUT2D eigenvalue weighted by atomic mass is 16.7. The van der Waals surface area contributed by atoms with Crippen LogP contribution < -0.4 is 0 Å². The summed E-state index contributed by atoms with van der Waals surface area (Å²) in [5, 5.41) is 18.8. The number of aromatic nitrogens is 6. The van der Waals surface area contributed by atoms with Crippen LogP contribution in [0.5, 0.6) is 0 Å². The van der Waals surface area contributed by atoms with Gasteiger partial charge in [0.2, 0.25) is 0 Å². The molecule has 2 spiro atoms. The lowest BCUT2D eigenvalue weighted by atomic mass is 9.54. The molecule has 0 unspecified atom stereocenters. The number of Topliss-reactive ketones (excluding diaryl/α,β-unsaturated/α-hetero) is 3. The van der Waals surface area contributed by atoms with Gasteiger partial charge >= 0.3 is 0 Å². The van der Waals surface area contributed by atoms with Gasteiger partial charge in [-0.15, -0.1) is 0 Å². The summed E-state index contributed by atoms with van der Waals surface area (Å²) in [6.45, 7) is 20.3. The van der Waals surface area contributed by atoms with Gasteiger partial charge in [-0.3, -0.25) is 14.4 Å². The number of carbonyl (C=O) groups is 3. The van der Waals surface area contributed by atoms with E-state index in [9.17, 15) is 24.6 Å². The van der Waals surface area contributed by atoms with E-state index in [1.807, 2.05) is 93.0 Å². The van der Waals surface area contributed by atoms with Gasteiger partial charge in [0.15, 0.2) is 40.6 Å². The van der Waals surface area contributed by atoms with Gasteiger partial charge in [0.05, 0.1) is 56.0 Å². The maximum absolute atomic E-state index is 12.6. The summed E-state index contributed by atoms with van der Waals surface area (Å²) in [4.78, 5) is 66.0. The number of rotatable bonds is 3. The van der Waals surface area contributed by atoms with Gasteiger partial charge < -0.3 is 29.2 Å². The molecule has 0 amide bonds. The van der Waals surface area contributed by atoms with Crippen molar-refractivity contribution in [2.45, 2.75) is 180 Å². The molecule has 0 bridgehead atoms. The average Bonchev–Trinajstić information content (AvgIpc) is 1.19. The van der Waals surface area contributed by atoms with Crippen LogP contribution in [0.2, 0.25) is 0 Å². The van der Waals surface area contributed by atoms with Crippen molar-refractivity contribution < 1.29 is 43.5 Å². The molecule has 12 atom stereocenters. The smallest absolute Gasteiger partial charge is 0.171 e. The Hall–Kier alpha value is -7.17. The molecule has 93 heavy (non-hydrogen) atoms. The minimum Gasteiger partial charge on any atom is -0.515 e. The molecule has 2 saturated heterocycles. The van der Waals surface area contributed by atoms with E-state index in [0.29, 0.717) is 67.2 Å². The summed E-state index contributed by atoms with van der Waals surface area (Å²) < 4.78 is 24.0. The number of hydrogen-bond acceptors (Lipinski definition) is 15. The second-order valence-corrected chi connectivity index (χ2v) is 29.4. The van der Waals surface area contributed by atoms with Crippen LogP contribution in [0.3, 0.4) is 0 Å². The van der Waals surface area contributed by atoms with Crippen LogP contribution in [-0.4, -0.2) is 95.5 Å². The number of aliphatic hydroxyl groups is 2. The van der Waals surface area contributed by atoms with Crippen molar-refractivity contribution in [3.63, 3.8) is 0 Å². The maximum Gasteiger partial charge on any atom is 0.171 e. The highest BCUT2D eigenvalue weighted by molar-refractivity contribution is 6.00. The van der Waals surface area contributed by atoms with Crippen molar-refractivity contribution in [2.75, 3.05) is 26.4 Å². The molecule has 5 saturated carbocycles. The Bertz CT molecular complexity index is 3830. The third-order valence-electron chi connectivity index (χ3n) is 24.6. The van der Waals surface area contributed by atoms with Crippen molar-refractivity contribution in [3.8, 4) is 34.2 Å². The fourth-order valence-electron chi connectivity index (χ4n) is 19.2. The molecule has 3 aromatic heterocycles. The van der Waals surface area contributed by atoms with Gasteiger partial charge in [0, 0.05) is 111 Å². The molecule has 10 aliphatic rings. The molecule has 5 heterocycles. The number of benzene rings is 3. The molecule has 2 aliphatic heterocycles. The van der Waals surface area contributed by atoms with E-state index < -0.39 is 5.79 Å². The Morgan fingerprint density at radius 2 is 0.806 bits per heavy atom. The number of aryl methyl sites for hydroxylation is 3. The number of aliphatic hydroxyl groups excluding tert-OH is 2. The standard InChI is InChI=1S/C22H26N2O2.C21H22N2O2.C20H22N2O.C15H22O4/c1-15-18-9-8-17-14-23-20(16-6-4-3-5-7-16)24-19(17)21(18,2)10-11-22(15)25-12-13-26-22;1-13-17-9-8-15-11-22-20(14-6-4-3-5-7-14)23-19(15)21(17,2)10-16(12-24)18(13)25;1-13-16-9-8-15-12-21-19(14-6-4-3-5-7-14)22-18(15)20(16,2)11-10-17(13)23;1-10-12-4-3-11(9-16)13(17)14(12,2)5-6-15(10)18-7-8-19-15/h3-7,14-15,18H,8-13H2,1-2H3;3-7,11-13,17,24H,8-10H2,1-2H3;3-7,12-13,16H,8-11H2,1-2H3;9-10,12,16H,3-8H2,1-2H3/b;16-12-;;11-9+/t15-,18-,21-;13-,17-,21-;13-,16-,20-;10-,12-,14-/m0000/s1. The Morgan fingerprint density at radius 1 is 0.430 bits per heavy atom. The number of nitrogens with zero attached hydrogens (tertiary/aromatic N) is 6. The number of ether oxygens (including phenoxy) is 4. The molecule has 15 nitrogen and oxygen atoms in total. The van der Waals surface area contributed by atoms with Crippen molar-refractivity contribution in [1.82, 2.24) is 29.9 Å². The zero-order chi connectivity index (χ0) is 65.1. The zero-order valence-electron chi connectivity index (χ0n) is 55.5. The lowest BCUT2D eigenvalue weighted by molar-refractivity contribution is -0.241. The van der Waals surface area contributed by atoms with Crippen LogP contribution in [0.4, 0.5) is 0 Å². The lowest BCUT2D eigenvalue weighted by Crippen LogP contribution is -2.56. The number of carbonyl (C=O) groups excluding carboxylic acids is 3. The Kier molecular flexibility index (Phi) is 17.7. The first-order valence-corrected chi connectivity index (χ1v) is 34.4. The van der Waals surface area contributed by atoms with E-state index in [-0.39, 0.29) is 68.6 Å². The molecular weight excluding hydrogens is 1160 g/mol. The minimum atomic E-state index is -0.467. The van der Waals surface area contributed by atoms with Crippen LogP contribution in [0.1, 0.15) is 166 Å². The van der Waals surface area contributed by atoms with E-state index in [2.05, 4.69) is 87.0 Å². The summed E-state index contributed by atoms with van der Waals surface area (Å²) in [5.74, 6) is 4.26. The first-order valence-electron chi connectivity index (χ1n) is 34.4. The van der Waals surface area contributed by atoms with E-state index in [1.165, 1.54) is 22.5 Å². The minimum absolute atomic E-state index is 0.00732. The number of hydrogen-bond donors (Lipinski definition) is 2.